The third-order valence-electron chi connectivity index (χ3n) is 4.07. The number of para-hydroxylation sites is 1. The Morgan fingerprint density at radius 1 is 1.11 bits per heavy atom. The highest BCUT2D eigenvalue weighted by Crippen LogP contribution is 2.19. The Hall–Kier alpha value is -2.80. The molecule has 0 spiro atoms. The van der Waals surface area contributed by atoms with Gasteiger partial charge in [0, 0.05) is 12.7 Å². The first-order chi connectivity index (χ1) is 13.0. The molecule has 27 heavy (non-hydrogen) atoms. The van der Waals surface area contributed by atoms with Crippen LogP contribution < -0.4 is 10.1 Å². The van der Waals surface area contributed by atoms with E-state index in [0.717, 1.165) is 17.0 Å². The van der Waals surface area contributed by atoms with E-state index in [1.165, 1.54) is 17.3 Å². The van der Waals surface area contributed by atoms with E-state index in [2.05, 4.69) is 15.5 Å². The van der Waals surface area contributed by atoms with Crippen molar-refractivity contribution in [1.29, 1.82) is 0 Å². The van der Waals surface area contributed by atoms with E-state index in [1.54, 1.807) is 0 Å². The number of carbonyl (C=O) groups excluding carboxylic acids is 1. The highest BCUT2D eigenvalue weighted by Gasteiger charge is 2.12. The number of anilines is 1. The van der Waals surface area contributed by atoms with E-state index >= 15 is 0 Å². The zero-order chi connectivity index (χ0) is 19.2. The monoisotopic (exact) mass is 382 g/mol. The quantitative estimate of drug-likeness (QED) is 0.631. The Morgan fingerprint density at radius 3 is 2.59 bits per heavy atom. The maximum absolute atomic E-state index is 12.2. The number of carbonyl (C=O) groups is 1. The lowest BCUT2D eigenvalue weighted by molar-refractivity contribution is -0.113. The molecule has 140 valence electrons. The topological polar surface area (TPSA) is 69.0 Å². The molecule has 7 heteroatoms. The van der Waals surface area contributed by atoms with Crippen molar-refractivity contribution in [2.75, 3.05) is 11.1 Å². The normalized spacial score (nSPS) is 10.6. The number of hydrogen-bond donors (Lipinski definition) is 1. The van der Waals surface area contributed by atoms with Crippen molar-refractivity contribution < 1.29 is 9.53 Å². The van der Waals surface area contributed by atoms with Gasteiger partial charge in [0.1, 0.15) is 12.4 Å². The van der Waals surface area contributed by atoms with E-state index < -0.39 is 0 Å². The number of benzene rings is 2. The predicted molar refractivity (Wildman–Crippen MR) is 107 cm³/mol. The summed E-state index contributed by atoms with van der Waals surface area (Å²) in [5.74, 6) is 1.68. The molecule has 0 saturated heterocycles. The molecule has 1 heterocycles. The molecule has 0 aliphatic heterocycles. The largest absolute Gasteiger partial charge is 0.486 e. The minimum absolute atomic E-state index is 0.0743. The molecule has 1 aromatic heterocycles. The molecule has 0 bridgehead atoms. The zero-order valence-corrected chi connectivity index (χ0v) is 16.4. The molecule has 3 aromatic rings. The second-order valence-corrected chi connectivity index (χ2v) is 7.15. The maximum Gasteiger partial charge on any atom is 0.234 e. The highest BCUT2D eigenvalue weighted by atomic mass is 32.2. The van der Waals surface area contributed by atoms with Gasteiger partial charge in [-0.3, -0.25) is 4.79 Å². The van der Waals surface area contributed by atoms with Gasteiger partial charge in [0.15, 0.2) is 11.0 Å². The first kappa shape index (κ1) is 19.0. The Kier molecular flexibility index (Phi) is 6.13. The Labute approximate surface area is 163 Å². The summed E-state index contributed by atoms with van der Waals surface area (Å²) < 4.78 is 7.59. The lowest BCUT2D eigenvalue weighted by atomic mass is 10.2. The first-order valence-corrected chi connectivity index (χ1v) is 9.57. The van der Waals surface area contributed by atoms with Crippen molar-refractivity contribution in [3.8, 4) is 5.75 Å². The van der Waals surface area contributed by atoms with Crippen molar-refractivity contribution in [1.82, 2.24) is 14.8 Å². The van der Waals surface area contributed by atoms with E-state index in [4.69, 9.17) is 4.74 Å². The van der Waals surface area contributed by atoms with Crippen LogP contribution in [0.1, 0.15) is 17.0 Å². The second kappa shape index (κ2) is 8.73. The van der Waals surface area contributed by atoms with Crippen molar-refractivity contribution in [2.45, 2.75) is 25.6 Å². The minimum atomic E-state index is -0.0743. The molecule has 0 atom stereocenters. The number of hydrogen-bond acceptors (Lipinski definition) is 5. The van der Waals surface area contributed by atoms with Gasteiger partial charge in [-0.25, -0.2) is 0 Å². The number of amides is 1. The summed E-state index contributed by atoms with van der Waals surface area (Å²) in [5, 5.41) is 11.9. The van der Waals surface area contributed by atoms with Crippen molar-refractivity contribution in [2.24, 2.45) is 7.05 Å². The third-order valence-corrected chi connectivity index (χ3v) is 5.09. The van der Waals surface area contributed by atoms with Crippen LogP contribution in [0.5, 0.6) is 5.75 Å². The van der Waals surface area contributed by atoms with E-state index in [-0.39, 0.29) is 11.7 Å². The standard InChI is InChI=1S/C20H22N4O2S/c1-14-8-10-16(11-9-14)26-12-18-22-23-20(24(18)3)27-13-19(25)21-17-7-5-4-6-15(17)2/h4-11H,12-13H2,1-3H3,(H,21,25). The van der Waals surface area contributed by atoms with Gasteiger partial charge in [-0.2, -0.15) is 0 Å². The number of rotatable bonds is 7. The number of nitrogens with zero attached hydrogens (tertiary/aromatic N) is 3. The van der Waals surface area contributed by atoms with Gasteiger partial charge in [0.2, 0.25) is 5.91 Å². The first-order valence-electron chi connectivity index (χ1n) is 8.59. The number of aryl methyl sites for hydroxylation is 2. The summed E-state index contributed by atoms with van der Waals surface area (Å²) in [6.07, 6.45) is 0. The van der Waals surface area contributed by atoms with Crippen LogP contribution in [0.15, 0.2) is 53.7 Å². The number of nitrogens with one attached hydrogen (secondary N) is 1. The van der Waals surface area contributed by atoms with Crippen molar-refractivity contribution >= 4 is 23.4 Å². The number of thioether (sulfide) groups is 1. The molecule has 6 nitrogen and oxygen atoms in total. The van der Waals surface area contributed by atoms with E-state index in [1.807, 2.05) is 74.0 Å². The fourth-order valence-electron chi connectivity index (χ4n) is 2.41. The molecule has 0 saturated carbocycles. The summed E-state index contributed by atoms with van der Waals surface area (Å²) in [6, 6.07) is 15.6. The van der Waals surface area contributed by atoms with Crippen LogP contribution in [0, 0.1) is 13.8 Å². The van der Waals surface area contributed by atoms with Crippen molar-refractivity contribution in [3.05, 3.63) is 65.5 Å². The van der Waals surface area contributed by atoms with Gasteiger partial charge in [0.05, 0.1) is 5.75 Å². The van der Waals surface area contributed by atoms with Crippen LogP contribution in [0.2, 0.25) is 0 Å². The molecule has 3 rings (SSSR count). The highest BCUT2D eigenvalue weighted by molar-refractivity contribution is 7.99. The van der Waals surface area contributed by atoms with E-state index in [9.17, 15) is 4.79 Å². The Morgan fingerprint density at radius 2 is 1.85 bits per heavy atom. The molecule has 0 unspecified atom stereocenters. The molecule has 1 amide bonds. The Bertz CT molecular complexity index is 922. The van der Waals surface area contributed by atoms with Crippen LogP contribution in [0.4, 0.5) is 5.69 Å². The van der Waals surface area contributed by atoms with Gasteiger partial charge >= 0.3 is 0 Å². The second-order valence-electron chi connectivity index (χ2n) is 6.21. The SMILES string of the molecule is Cc1ccc(OCc2nnc(SCC(=O)Nc3ccccc3C)n2C)cc1. The summed E-state index contributed by atoms with van der Waals surface area (Å²) >= 11 is 1.35. The molecular weight excluding hydrogens is 360 g/mol. The number of ether oxygens (including phenoxy) is 1. The van der Waals surface area contributed by atoms with Crippen LogP contribution in [-0.4, -0.2) is 26.4 Å². The van der Waals surface area contributed by atoms with Crippen LogP contribution in [0.25, 0.3) is 0 Å². The minimum Gasteiger partial charge on any atom is -0.486 e. The van der Waals surface area contributed by atoms with Gasteiger partial charge in [-0.05, 0) is 37.6 Å². The molecular formula is C20H22N4O2S. The van der Waals surface area contributed by atoms with Crippen LogP contribution >= 0.6 is 11.8 Å². The molecule has 0 fully saturated rings. The van der Waals surface area contributed by atoms with Crippen LogP contribution in [0.3, 0.4) is 0 Å². The zero-order valence-electron chi connectivity index (χ0n) is 15.6. The molecule has 0 radical (unpaired) electrons. The molecule has 2 aromatic carbocycles. The number of aromatic nitrogens is 3. The molecule has 1 N–H and O–H groups in total. The third kappa shape index (κ3) is 5.10. The maximum atomic E-state index is 12.2. The lowest BCUT2D eigenvalue weighted by Crippen LogP contribution is -2.15. The summed E-state index contributed by atoms with van der Waals surface area (Å²) in [5.41, 5.74) is 3.04. The van der Waals surface area contributed by atoms with Gasteiger partial charge in [-0.1, -0.05) is 47.7 Å². The van der Waals surface area contributed by atoms with Gasteiger partial charge < -0.3 is 14.6 Å². The van der Waals surface area contributed by atoms with Gasteiger partial charge in [0.25, 0.3) is 0 Å². The lowest BCUT2D eigenvalue weighted by Gasteiger charge is -2.08. The summed E-state index contributed by atoms with van der Waals surface area (Å²) in [7, 11) is 1.87. The van der Waals surface area contributed by atoms with Crippen LogP contribution in [-0.2, 0) is 18.4 Å². The predicted octanol–water partition coefficient (Wildman–Crippen LogP) is 3.74. The average Bonchev–Trinajstić information content (AvgIpc) is 3.01. The van der Waals surface area contributed by atoms with E-state index in [0.29, 0.717) is 17.6 Å². The molecule has 0 aliphatic rings. The fourth-order valence-corrected chi connectivity index (χ4v) is 3.14. The fraction of sp³-hybridized carbons (Fsp3) is 0.250. The Balaban J connectivity index is 1.53. The summed E-state index contributed by atoms with van der Waals surface area (Å²) in [6.45, 7) is 4.32. The molecule has 0 aliphatic carbocycles. The van der Waals surface area contributed by atoms with Crippen molar-refractivity contribution in [3.63, 3.8) is 0 Å². The van der Waals surface area contributed by atoms with Gasteiger partial charge in [-0.15, -0.1) is 10.2 Å². The average molecular weight is 382 g/mol. The summed E-state index contributed by atoms with van der Waals surface area (Å²) in [4.78, 5) is 12.2. The smallest absolute Gasteiger partial charge is 0.234 e.